The fourth-order valence-corrected chi connectivity index (χ4v) is 8.46. The quantitative estimate of drug-likeness (QED) is 0.427. The van der Waals surface area contributed by atoms with Crippen LogP contribution in [0.4, 0.5) is 5.69 Å². The minimum Gasteiger partial charge on any atom is -0.487 e. The van der Waals surface area contributed by atoms with Gasteiger partial charge in [-0.2, -0.15) is 0 Å². The number of hydrogen-bond donors (Lipinski definition) is 2. The van der Waals surface area contributed by atoms with Crippen LogP contribution in [0.15, 0.2) is 36.4 Å². The first-order chi connectivity index (χ1) is 19.6. The molecule has 2 heterocycles. The summed E-state index contributed by atoms with van der Waals surface area (Å²) in [6, 6.07) is 11.1. The highest BCUT2D eigenvalue weighted by Crippen LogP contribution is 2.44. The number of hydrogen-bond acceptors (Lipinski definition) is 6. The minimum atomic E-state index is -3.82. The van der Waals surface area contributed by atoms with Gasteiger partial charge in [0, 0.05) is 30.3 Å². The van der Waals surface area contributed by atoms with Crippen molar-refractivity contribution in [1.82, 2.24) is 4.72 Å². The summed E-state index contributed by atoms with van der Waals surface area (Å²) in [5.74, 6) is 1.08. The zero-order chi connectivity index (χ0) is 29.1. The lowest BCUT2D eigenvalue weighted by Gasteiger charge is -2.45. The Hall–Kier alpha value is -2.29. The highest BCUT2D eigenvalue weighted by atomic mass is 35.5. The topological polar surface area (TPSA) is 95.9 Å². The molecule has 3 aliphatic rings. The van der Waals surface area contributed by atoms with E-state index in [9.17, 15) is 18.3 Å². The standard InChI is InChI=1S/C32H43ClN2O5S/c1-21-6-7-26(18-36)29-12-9-25(29)17-35-14-4-3-5-23-15-28(33)11-8-27(23)19-40-31-13-10-24(16-30(31)35)32(37)34-41(38,39)20-22(21)2/h8,10-11,13,15-16,21-22,25-26,29,36H,3-7,9,12,14,17-20H2,1-2H3,(H,34,37)/t21-,22+,25-,26-,29+/m0/s1. The molecule has 9 heteroatoms. The van der Waals surface area contributed by atoms with Gasteiger partial charge in [0.2, 0.25) is 10.0 Å². The predicted molar refractivity (Wildman–Crippen MR) is 163 cm³/mol. The van der Waals surface area contributed by atoms with Crippen LogP contribution in [0, 0.1) is 29.6 Å². The number of aryl methyl sites for hydroxylation is 1. The van der Waals surface area contributed by atoms with Gasteiger partial charge in [0.15, 0.2) is 0 Å². The highest BCUT2D eigenvalue weighted by Gasteiger charge is 2.38. The summed E-state index contributed by atoms with van der Waals surface area (Å²) < 4.78 is 34.7. The van der Waals surface area contributed by atoms with Crippen LogP contribution in [-0.4, -0.2) is 44.9 Å². The van der Waals surface area contributed by atoms with Crippen molar-refractivity contribution in [3.05, 3.63) is 58.1 Å². The number of sulfonamides is 1. The molecule has 224 valence electrons. The number of nitrogens with one attached hydrogen (secondary N) is 1. The number of amides is 1. The maximum atomic E-state index is 13.2. The molecule has 5 rings (SSSR count). The fourth-order valence-electron chi connectivity index (χ4n) is 6.76. The van der Waals surface area contributed by atoms with Gasteiger partial charge in [-0.05, 0) is 110 Å². The summed E-state index contributed by atoms with van der Waals surface area (Å²) in [6.07, 6.45) is 6.79. The van der Waals surface area contributed by atoms with E-state index in [-0.39, 0.29) is 30.1 Å². The Kier molecular flexibility index (Phi) is 9.51. The molecular formula is C32H43ClN2O5S. The third kappa shape index (κ3) is 7.20. The van der Waals surface area contributed by atoms with Crippen LogP contribution in [0.2, 0.25) is 5.02 Å². The molecule has 2 aromatic rings. The number of rotatable bonds is 1. The Balaban J connectivity index is 1.52. The molecule has 0 aromatic heterocycles. The number of fused-ring (bicyclic) bond motifs is 3. The zero-order valence-electron chi connectivity index (χ0n) is 24.1. The normalized spacial score (nSPS) is 29.0. The second-order valence-corrected chi connectivity index (χ2v) is 14.7. The van der Waals surface area contributed by atoms with Crippen LogP contribution in [0.5, 0.6) is 5.75 Å². The van der Waals surface area contributed by atoms with E-state index in [0.29, 0.717) is 34.8 Å². The number of halogens is 1. The minimum absolute atomic E-state index is 0.112. The number of benzene rings is 2. The van der Waals surface area contributed by atoms with Gasteiger partial charge in [-0.15, -0.1) is 0 Å². The lowest BCUT2D eigenvalue weighted by Crippen LogP contribution is -2.43. The van der Waals surface area contributed by atoms with Crippen LogP contribution in [-0.2, 0) is 23.1 Å². The van der Waals surface area contributed by atoms with Gasteiger partial charge in [-0.25, -0.2) is 13.1 Å². The molecule has 2 bridgehead atoms. The Morgan fingerprint density at radius 2 is 1.85 bits per heavy atom. The summed E-state index contributed by atoms with van der Waals surface area (Å²) in [5.41, 5.74) is 3.39. The van der Waals surface area contributed by atoms with Crippen molar-refractivity contribution < 1.29 is 23.1 Å². The van der Waals surface area contributed by atoms with Crippen molar-refractivity contribution >= 4 is 33.2 Å². The van der Waals surface area contributed by atoms with E-state index in [1.807, 2.05) is 25.1 Å². The number of carbonyl (C=O) groups excluding carboxylic acids is 1. The van der Waals surface area contributed by atoms with Gasteiger partial charge in [-0.1, -0.05) is 37.9 Å². The van der Waals surface area contributed by atoms with Crippen LogP contribution in [0.3, 0.4) is 0 Å². The van der Waals surface area contributed by atoms with Gasteiger partial charge >= 0.3 is 0 Å². The molecule has 2 N–H and O–H groups in total. The third-order valence-electron chi connectivity index (χ3n) is 9.70. The largest absolute Gasteiger partial charge is 0.487 e. The van der Waals surface area contributed by atoms with E-state index >= 15 is 0 Å². The lowest BCUT2D eigenvalue weighted by molar-refractivity contribution is 0.0549. The van der Waals surface area contributed by atoms with Crippen molar-refractivity contribution in [2.75, 3.05) is 30.3 Å². The number of anilines is 1. The Morgan fingerprint density at radius 1 is 1.02 bits per heavy atom. The third-order valence-corrected chi connectivity index (χ3v) is 11.4. The van der Waals surface area contributed by atoms with Gasteiger partial charge in [-0.3, -0.25) is 4.79 Å². The molecule has 0 radical (unpaired) electrons. The predicted octanol–water partition coefficient (Wildman–Crippen LogP) is 5.82. The summed E-state index contributed by atoms with van der Waals surface area (Å²) in [7, 11) is -3.82. The first-order valence-corrected chi connectivity index (χ1v) is 17.1. The maximum absolute atomic E-state index is 13.2. The molecule has 1 amide bonds. The van der Waals surface area contributed by atoms with E-state index in [1.54, 1.807) is 18.2 Å². The smallest absolute Gasteiger partial charge is 0.264 e. The van der Waals surface area contributed by atoms with Gasteiger partial charge in [0.05, 0.1) is 11.4 Å². The van der Waals surface area contributed by atoms with E-state index < -0.39 is 15.9 Å². The van der Waals surface area contributed by atoms with E-state index in [0.717, 1.165) is 69.3 Å². The second kappa shape index (κ2) is 12.9. The summed E-state index contributed by atoms with van der Waals surface area (Å²) in [6.45, 7) is 6.13. The Bertz CT molecular complexity index is 1350. The summed E-state index contributed by atoms with van der Waals surface area (Å²) in [5, 5.41) is 11.1. The van der Waals surface area contributed by atoms with E-state index in [1.165, 1.54) is 5.56 Å². The Morgan fingerprint density at radius 3 is 2.61 bits per heavy atom. The molecule has 0 saturated heterocycles. The number of aliphatic hydroxyl groups excluding tert-OH is 1. The molecule has 5 atom stereocenters. The van der Waals surface area contributed by atoms with Gasteiger partial charge in [0.1, 0.15) is 12.4 Å². The molecule has 2 aliphatic heterocycles. The van der Waals surface area contributed by atoms with Crippen LogP contribution in [0.1, 0.15) is 73.9 Å². The highest BCUT2D eigenvalue weighted by molar-refractivity contribution is 7.90. The summed E-state index contributed by atoms with van der Waals surface area (Å²) in [4.78, 5) is 15.6. The fraction of sp³-hybridized carbons (Fsp3) is 0.594. The average molecular weight is 603 g/mol. The molecule has 41 heavy (non-hydrogen) atoms. The zero-order valence-corrected chi connectivity index (χ0v) is 25.7. The van der Waals surface area contributed by atoms with E-state index in [4.69, 9.17) is 16.3 Å². The molecule has 1 saturated carbocycles. The number of carbonyl (C=O) groups is 1. The van der Waals surface area contributed by atoms with Crippen molar-refractivity contribution in [3.8, 4) is 5.75 Å². The molecule has 0 spiro atoms. The lowest BCUT2D eigenvalue weighted by atomic mass is 9.65. The molecule has 2 aromatic carbocycles. The molecule has 1 fully saturated rings. The van der Waals surface area contributed by atoms with Crippen molar-refractivity contribution in [2.45, 2.75) is 65.4 Å². The maximum Gasteiger partial charge on any atom is 0.264 e. The van der Waals surface area contributed by atoms with Crippen molar-refractivity contribution in [3.63, 3.8) is 0 Å². The molecule has 0 unspecified atom stereocenters. The van der Waals surface area contributed by atoms with Gasteiger partial charge in [0.25, 0.3) is 5.91 Å². The van der Waals surface area contributed by atoms with Crippen molar-refractivity contribution in [2.24, 2.45) is 29.6 Å². The Labute approximate surface area is 249 Å². The number of ether oxygens (including phenoxy) is 1. The number of nitrogens with zero attached hydrogens (tertiary/aromatic N) is 1. The van der Waals surface area contributed by atoms with Gasteiger partial charge < -0.3 is 14.7 Å². The van der Waals surface area contributed by atoms with Crippen LogP contribution < -0.4 is 14.4 Å². The van der Waals surface area contributed by atoms with Crippen LogP contribution in [0.25, 0.3) is 0 Å². The number of aliphatic hydroxyl groups is 1. The SMILES string of the molecule is C[C@@H]1CS(=O)(=O)NC(=O)c2ccc3c(c2)N(CCCCc2cc(Cl)ccc2CO3)C[C@@H]2CC[C@H]2[C@H](CO)CC[C@@H]1C. The average Bonchev–Trinajstić information content (AvgIpc) is 2.95. The molecular weight excluding hydrogens is 560 g/mol. The van der Waals surface area contributed by atoms with E-state index in [2.05, 4.69) is 16.5 Å². The first-order valence-electron chi connectivity index (χ1n) is 15.1. The monoisotopic (exact) mass is 602 g/mol. The molecule has 1 aliphatic carbocycles. The van der Waals surface area contributed by atoms with Crippen molar-refractivity contribution in [1.29, 1.82) is 0 Å². The summed E-state index contributed by atoms with van der Waals surface area (Å²) >= 11 is 6.31. The second-order valence-electron chi connectivity index (χ2n) is 12.5. The van der Waals surface area contributed by atoms with Crippen LogP contribution >= 0.6 is 11.6 Å². The molecule has 7 nitrogen and oxygen atoms in total. The first kappa shape index (κ1) is 30.2.